The molecule has 0 saturated carbocycles. The number of benzene rings is 1. The van der Waals surface area contributed by atoms with E-state index in [1.165, 1.54) is 26.4 Å². The number of rotatable bonds is 8. The van der Waals surface area contributed by atoms with Gasteiger partial charge in [-0.2, -0.15) is 8.42 Å². The Labute approximate surface area is 184 Å². The summed E-state index contributed by atoms with van der Waals surface area (Å²) in [7, 11) is -1.20. The molecule has 0 bridgehead atoms. The highest BCUT2D eigenvalue weighted by Crippen LogP contribution is 2.38. The summed E-state index contributed by atoms with van der Waals surface area (Å²) in [6, 6.07) is 6.41. The molecule has 2 aliphatic rings. The third-order valence-corrected chi connectivity index (χ3v) is 6.49. The summed E-state index contributed by atoms with van der Waals surface area (Å²) in [6.07, 6.45) is -4.25. The molecule has 0 radical (unpaired) electrons. The zero-order chi connectivity index (χ0) is 23.0. The van der Waals surface area contributed by atoms with Crippen LogP contribution in [0.15, 0.2) is 29.2 Å². The molecule has 3 rings (SSSR count). The molecule has 0 spiro atoms. The van der Waals surface area contributed by atoms with Gasteiger partial charge in [-0.1, -0.05) is 17.7 Å². The van der Waals surface area contributed by atoms with E-state index >= 15 is 0 Å². The molecule has 2 fully saturated rings. The Morgan fingerprint density at radius 2 is 1.52 bits per heavy atom. The number of methoxy groups -OCH3 is 2. The minimum Gasteiger partial charge on any atom is -0.353 e. The van der Waals surface area contributed by atoms with Gasteiger partial charge in [0.25, 0.3) is 10.1 Å². The van der Waals surface area contributed by atoms with Gasteiger partial charge in [0.1, 0.15) is 24.4 Å². The maximum atomic E-state index is 13.1. The summed E-state index contributed by atoms with van der Waals surface area (Å²) >= 11 is 0. The minimum absolute atomic E-state index is 0.0334. The van der Waals surface area contributed by atoms with E-state index in [1.54, 1.807) is 39.8 Å². The molecule has 1 aromatic rings. The van der Waals surface area contributed by atoms with Crippen LogP contribution in [0.1, 0.15) is 33.3 Å². The summed E-state index contributed by atoms with van der Waals surface area (Å²) in [5.41, 5.74) is 0.933. The largest absolute Gasteiger partial charge is 0.353 e. The third kappa shape index (κ3) is 5.63. The Kier molecular flexibility index (Phi) is 7.14. The van der Waals surface area contributed by atoms with Crippen LogP contribution in [0.3, 0.4) is 0 Å². The summed E-state index contributed by atoms with van der Waals surface area (Å²) < 4.78 is 66.5. The molecule has 0 aliphatic carbocycles. The van der Waals surface area contributed by atoms with Gasteiger partial charge in [0.05, 0.1) is 11.5 Å². The highest BCUT2D eigenvalue weighted by atomic mass is 32.2. The van der Waals surface area contributed by atoms with Gasteiger partial charge in [-0.3, -0.25) is 4.18 Å². The molecule has 0 N–H and O–H groups in total. The molecule has 0 aromatic heterocycles. The van der Waals surface area contributed by atoms with Crippen LogP contribution in [0.5, 0.6) is 0 Å². The standard InChI is InChI=1S/C21H32O9S/c1-13-8-10-14(11-9-13)31(22,23)30-16(15-12-26-20(2,3)27-15)17-18(19(24-6)25-7)29-21(4,5)28-17/h8-11,15-19H,12H2,1-7H3/t15-,16-,17-,18-/m1/s1. The monoisotopic (exact) mass is 460 g/mol. The van der Waals surface area contributed by atoms with E-state index < -0.39 is 52.4 Å². The third-order valence-electron chi connectivity index (χ3n) is 5.16. The SMILES string of the molecule is COC(OC)[C@@H]1OC(C)(C)O[C@@H]1[C@H](OS(=O)(=O)c1ccc(C)cc1)[C@H]1COC(C)(C)O1. The molecule has 1 aromatic carbocycles. The second-order valence-electron chi connectivity index (χ2n) is 8.60. The van der Waals surface area contributed by atoms with Crippen molar-refractivity contribution < 1.29 is 41.0 Å². The summed E-state index contributed by atoms with van der Waals surface area (Å²) in [5, 5.41) is 0. The highest BCUT2D eigenvalue weighted by molar-refractivity contribution is 7.86. The second-order valence-corrected chi connectivity index (χ2v) is 10.2. The molecule has 31 heavy (non-hydrogen) atoms. The first-order valence-electron chi connectivity index (χ1n) is 10.1. The molecular formula is C21H32O9S. The Morgan fingerprint density at radius 1 is 0.935 bits per heavy atom. The summed E-state index contributed by atoms with van der Waals surface area (Å²) in [4.78, 5) is 0.0334. The fraction of sp³-hybridized carbons (Fsp3) is 0.714. The van der Waals surface area contributed by atoms with Gasteiger partial charge in [-0.25, -0.2) is 0 Å². The lowest BCUT2D eigenvalue weighted by molar-refractivity contribution is -0.202. The summed E-state index contributed by atoms with van der Waals surface area (Å²) in [5.74, 6) is -1.92. The van der Waals surface area contributed by atoms with Crippen LogP contribution in [0, 0.1) is 6.92 Å². The van der Waals surface area contributed by atoms with Crippen LogP contribution in [0.4, 0.5) is 0 Å². The van der Waals surface area contributed by atoms with Gasteiger partial charge < -0.3 is 28.4 Å². The van der Waals surface area contributed by atoms with Crippen molar-refractivity contribution in [1.29, 1.82) is 0 Å². The normalized spacial score (nSPS) is 28.8. The lowest BCUT2D eigenvalue weighted by Gasteiger charge is -2.32. The van der Waals surface area contributed by atoms with Crippen molar-refractivity contribution in [3.05, 3.63) is 29.8 Å². The number of ether oxygens (including phenoxy) is 6. The van der Waals surface area contributed by atoms with Crippen molar-refractivity contribution in [3.8, 4) is 0 Å². The second kappa shape index (κ2) is 9.03. The van der Waals surface area contributed by atoms with E-state index in [9.17, 15) is 8.42 Å². The molecule has 4 atom stereocenters. The maximum Gasteiger partial charge on any atom is 0.297 e. The predicted octanol–water partition coefficient (Wildman–Crippen LogP) is 2.36. The Morgan fingerprint density at radius 3 is 2.03 bits per heavy atom. The van der Waals surface area contributed by atoms with E-state index in [0.717, 1.165) is 5.56 Å². The zero-order valence-electron chi connectivity index (χ0n) is 19.0. The lowest BCUT2D eigenvalue weighted by Crippen LogP contribution is -2.51. The van der Waals surface area contributed by atoms with Gasteiger partial charge in [0.2, 0.25) is 0 Å². The average Bonchev–Trinajstić information content (AvgIpc) is 3.20. The van der Waals surface area contributed by atoms with Crippen molar-refractivity contribution in [2.75, 3.05) is 20.8 Å². The molecule has 0 unspecified atom stereocenters. The summed E-state index contributed by atoms with van der Waals surface area (Å²) in [6.45, 7) is 8.95. The maximum absolute atomic E-state index is 13.1. The van der Waals surface area contributed by atoms with Crippen molar-refractivity contribution in [2.24, 2.45) is 0 Å². The average molecular weight is 461 g/mol. The van der Waals surface area contributed by atoms with Gasteiger partial charge in [0.15, 0.2) is 17.9 Å². The van der Waals surface area contributed by atoms with Crippen LogP contribution >= 0.6 is 0 Å². The fourth-order valence-electron chi connectivity index (χ4n) is 3.76. The topological polar surface area (TPSA) is 98.8 Å². The Balaban J connectivity index is 1.97. The molecule has 2 saturated heterocycles. The van der Waals surface area contributed by atoms with Crippen molar-refractivity contribution in [2.45, 2.75) is 81.8 Å². The van der Waals surface area contributed by atoms with Crippen LogP contribution in [-0.2, 0) is 42.7 Å². The van der Waals surface area contributed by atoms with Gasteiger partial charge in [0, 0.05) is 14.2 Å². The predicted molar refractivity (Wildman–Crippen MR) is 110 cm³/mol. The van der Waals surface area contributed by atoms with Crippen LogP contribution in [-0.4, -0.2) is 71.5 Å². The zero-order valence-corrected chi connectivity index (χ0v) is 19.8. The first-order valence-corrected chi connectivity index (χ1v) is 11.5. The number of aryl methyl sites for hydroxylation is 1. The molecule has 2 aliphatic heterocycles. The van der Waals surface area contributed by atoms with E-state index in [2.05, 4.69) is 0 Å². The molecular weight excluding hydrogens is 428 g/mol. The van der Waals surface area contributed by atoms with Crippen molar-refractivity contribution in [1.82, 2.24) is 0 Å². The smallest absolute Gasteiger partial charge is 0.297 e. The minimum atomic E-state index is -4.14. The first-order chi connectivity index (χ1) is 14.4. The van der Waals surface area contributed by atoms with E-state index in [1.807, 2.05) is 6.92 Å². The Hall–Kier alpha value is -1.11. The van der Waals surface area contributed by atoms with Crippen LogP contribution < -0.4 is 0 Å². The van der Waals surface area contributed by atoms with Crippen molar-refractivity contribution >= 4 is 10.1 Å². The fourth-order valence-corrected chi connectivity index (χ4v) is 4.87. The van der Waals surface area contributed by atoms with E-state index in [4.69, 9.17) is 32.6 Å². The van der Waals surface area contributed by atoms with Crippen LogP contribution in [0.25, 0.3) is 0 Å². The number of hydrogen-bond acceptors (Lipinski definition) is 9. The Bertz CT molecular complexity index is 846. The van der Waals surface area contributed by atoms with Gasteiger partial charge in [-0.15, -0.1) is 0 Å². The van der Waals surface area contributed by atoms with Gasteiger partial charge >= 0.3 is 0 Å². The molecule has 0 amide bonds. The lowest BCUT2D eigenvalue weighted by atomic mass is 10.0. The number of hydrogen-bond donors (Lipinski definition) is 0. The quantitative estimate of drug-likeness (QED) is 0.428. The van der Waals surface area contributed by atoms with Crippen LogP contribution in [0.2, 0.25) is 0 Å². The molecule has 9 nitrogen and oxygen atoms in total. The van der Waals surface area contributed by atoms with E-state index in [0.29, 0.717) is 0 Å². The van der Waals surface area contributed by atoms with Gasteiger partial charge in [-0.05, 0) is 46.8 Å². The first kappa shape index (κ1) is 24.5. The van der Waals surface area contributed by atoms with E-state index in [-0.39, 0.29) is 11.5 Å². The molecule has 2 heterocycles. The molecule has 10 heteroatoms. The molecule has 176 valence electrons. The highest BCUT2D eigenvalue weighted by Gasteiger charge is 2.55. The van der Waals surface area contributed by atoms with Crippen molar-refractivity contribution in [3.63, 3.8) is 0 Å².